The van der Waals surface area contributed by atoms with E-state index in [9.17, 15) is 9.59 Å². The quantitative estimate of drug-likeness (QED) is 0.548. The molecule has 0 amide bonds. The maximum Gasteiger partial charge on any atom is 0.302 e. The van der Waals surface area contributed by atoms with Crippen molar-refractivity contribution < 1.29 is 28.5 Å². The molecule has 0 aromatic heterocycles. The second kappa shape index (κ2) is 9.12. The maximum atomic E-state index is 12.2. The first kappa shape index (κ1) is 24.9. The van der Waals surface area contributed by atoms with E-state index in [-0.39, 0.29) is 29.4 Å². The Kier molecular flexibility index (Phi) is 6.69. The van der Waals surface area contributed by atoms with E-state index in [0.717, 1.165) is 12.0 Å². The second-order valence-electron chi connectivity index (χ2n) is 11.0. The van der Waals surface area contributed by atoms with Gasteiger partial charge in [0.25, 0.3) is 0 Å². The van der Waals surface area contributed by atoms with Gasteiger partial charge in [-0.25, -0.2) is 0 Å². The number of hydrogen-bond acceptors (Lipinski definition) is 6. The summed E-state index contributed by atoms with van der Waals surface area (Å²) in [5, 5.41) is 0. The van der Waals surface area contributed by atoms with Crippen LogP contribution in [0.4, 0.5) is 0 Å². The van der Waals surface area contributed by atoms with Crippen molar-refractivity contribution in [1.82, 2.24) is 0 Å². The fourth-order valence-corrected chi connectivity index (χ4v) is 6.87. The van der Waals surface area contributed by atoms with E-state index in [0.29, 0.717) is 19.4 Å². The van der Waals surface area contributed by atoms with Crippen molar-refractivity contribution in [1.29, 1.82) is 0 Å². The van der Waals surface area contributed by atoms with E-state index in [1.54, 1.807) is 0 Å². The summed E-state index contributed by atoms with van der Waals surface area (Å²) in [4.78, 5) is 24.2. The van der Waals surface area contributed by atoms with Crippen LogP contribution in [0.15, 0.2) is 36.4 Å². The lowest BCUT2D eigenvalue weighted by Crippen LogP contribution is -2.71. The summed E-state index contributed by atoms with van der Waals surface area (Å²) < 4.78 is 25.3. The van der Waals surface area contributed by atoms with Gasteiger partial charge in [-0.2, -0.15) is 0 Å². The zero-order valence-corrected chi connectivity index (χ0v) is 21.2. The van der Waals surface area contributed by atoms with Crippen LogP contribution in [-0.2, 0) is 28.5 Å². The smallest absolute Gasteiger partial charge is 0.302 e. The highest BCUT2D eigenvalue weighted by atomic mass is 16.6. The third kappa shape index (κ3) is 4.20. The fraction of sp³-hybridized carbons (Fsp3) is 0.643. The zero-order chi connectivity index (χ0) is 24.7. The topological polar surface area (TPSA) is 71.1 Å². The van der Waals surface area contributed by atoms with Crippen LogP contribution < -0.4 is 0 Å². The summed E-state index contributed by atoms with van der Waals surface area (Å²) in [5.41, 5.74) is -0.469. The predicted molar refractivity (Wildman–Crippen MR) is 129 cm³/mol. The summed E-state index contributed by atoms with van der Waals surface area (Å²) in [6, 6.07) is 10.0. The van der Waals surface area contributed by atoms with Crippen molar-refractivity contribution in [2.45, 2.75) is 90.3 Å². The Morgan fingerprint density at radius 2 is 1.74 bits per heavy atom. The van der Waals surface area contributed by atoms with Crippen molar-refractivity contribution in [3.63, 3.8) is 0 Å². The van der Waals surface area contributed by atoms with E-state index >= 15 is 0 Å². The number of fused-ring (bicyclic) bond motifs is 1. The number of carbonyl (C=O) groups is 2. The molecule has 4 rings (SSSR count). The van der Waals surface area contributed by atoms with E-state index in [1.165, 1.54) is 13.8 Å². The van der Waals surface area contributed by atoms with Crippen LogP contribution in [0.3, 0.4) is 0 Å². The molecule has 1 heterocycles. The Bertz CT molecular complexity index is 939. The molecule has 2 saturated carbocycles. The molecule has 7 atom stereocenters. The number of benzene rings is 1. The summed E-state index contributed by atoms with van der Waals surface area (Å²) in [7, 11) is 0. The normalized spacial score (nSPS) is 38.4. The monoisotopic (exact) mass is 470 g/mol. The van der Waals surface area contributed by atoms with Gasteiger partial charge in [-0.05, 0) is 50.5 Å². The van der Waals surface area contributed by atoms with Gasteiger partial charge in [-0.1, -0.05) is 56.3 Å². The predicted octanol–water partition coefficient (Wildman–Crippen LogP) is 4.95. The average Bonchev–Trinajstić information content (AvgIpc) is 2.99. The zero-order valence-electron chi connectivity index (χ0n) is 21.2. The van der Waals surface area contributed by atoms with Crippen molar-refractivity contribution in [3.8, 4) is 0 Å². The number of rotatable bonds is 6. The summed E-state index contributed by atoms with van der Waals surface area (Å²) in [6.45, 7) is 11.8. The van der Waals surface area contributed by atoms with Crippen LogP contribution in [0.2, 0.25) is 0 Å². The Labute approximate surface area is 203 Å². The average molecular weight is 471 g/mol. The lowest BCUT2D eigenvalue weighted by Gasteiger charge is -2.61. The molecule has 0 radical (unpaired) electrons. The van der Waals surface area contributed by atoms with E-state index < -0.39 is 29.3 Å². The van der Waals surface area contributed by atoms with Crippen molar-refractivity contribution in [2.24, 2.45) is 17.3 Å². The Morgan fingerprint density at radius 1 is 1.06 bits per heavy atom. The first-order chi connectivity index (χ1) is 16.0. The van der Waals surface area contributed by atoms with Gasteiger partial charge in [-0.15, -0.1) is 0 Å². The van der Waals surface area contributed by atoms with Crippen LogP contribution >= 0.6 is 0 Å². The molecule has 1 spiro atoms. The van der Waals surface area contributed by atoms with Gasteiger partial charge >= 0.3 is 11.9 Å². The molecule has 2 aliphatic carbocycles. The number of ether oxygens (including phenoxy) is 4. The fourth-order valence-electron chi connectivity index (χ4n) is 6.87. The summed E-state index contributed by atoms with van der Waals surface area (Å²) in [6.07, 6.45) is 4.88. The minimum Gasteiger partial charge on any atom is -0.462 e. The van der Waals surface area contributed by atoms with Gasteiger partial charge in [0, 0.05) is 13.8 Å². The highest BCUT2D eigenvalue weighted by Gasteiger charge is 2.74. The molecule has 1 aromatic carbocycles. The van der Waals surface area contributed by atoms with Crippen LogP contribution in [0.1, 0.15) is 66.4 Å². The Hall–Kier alpha value is -2.18. The van der Waals surface area contributed by atoms with Crippen molar-refractivity contribution in [3.05, 3.63) is 42.0 Å². The molecule has 34 heavy (non-hydrogen) atoms. The molecular formula is C28H38O6. The first-order valence-corrected chi connectivity index (χ1v) is 12.4. The highest BCUT2D eigenvalue weighted by Crippen LogP contribution is 2.67. The molecule has 1 aromatic rings. The molecule has 0 N–H and O–H groups in total. The molecule has 1 aliphatic heterocycles. The van der Waals surface area contributed by atoms with Gasteiger partial charge < -0.3 is 18.9 Å². The molecule has 3 aliphatic rings. The molecule has 0 unspecified atom stereocenters. The SMILES string of the molecule is CC(=O)O[C@H]1C[C@@H](C)[C@@]23C[C@@H](C[C@H](OC(C)=O)[C@]2(C)[C@H]1OC/C=C/c1ccccc1)C(C)(C)O3. The molecule has 6 nitrogen and oxygen atoms in total. The maximum absolute atomic E-state index is 12.2. The lowest BCUT2D eigenvalue weighted by atomic mass is 9.49. The molecule has 186 valence electrons. The van der Waals surface area contributed by atoms with E-state index in [2.05, 4.69) is 27.7 Å². The molecule has 6 heteroatoms. The van der Waals surface area contributed by atoms with Crippen molar-refractivity contribution >= 4 is 18.0 Å². The van der Waals surface area contributed by atoms with Crippen LogP contribution in [0.25, 0.3) is 6.08 Å². The van der Waals surface area contributed by atoms with Gasteiger partial charge in [-0.3, -0.25) is 9.59 Å². The number of hydrogen-bond donors (Lipinski definition) is 0. The van der Waals surface area contributed by atoms with E-state index in [4.69, 9.17) is 18.9 Å². The van der Waals surface area contributed by atoms with Gasteiger partial charge in [0.05, 0.1) is 23.2 Å². The summed E-state index contributed by atoms with van der Waals surface area (Å²) in [5.74, 6) is -0.276. The molecule has 1 saturated heterocycles. The third-order valence-corrected chi connectivity index (χ3v) is 8.48. The van der Waals surface area contributed by atoms with Gasteiger partial charge in [0.15, 0.2) is 0 Å². The minimum absolute atomic E-state index is 0.101. The Balaban J connectivity index is 1.70. The molecule has 3 fully saturated rings. The van der Waals surface area contributed by atoms with Crippen molar-refractivity contribution in [2.75, 3.05) is 6.61 Å². The van der Waals surface area contributed by atoms with Crippen LogP contribution in [0.5, 0.6) is 0 Å². The summed E-state index contributed by atoms with van der Waals surface area (Å²) >= 11 is 0. The third-order valence-electron chi connectivity index (χ3n) is 8.48. The standard InChI is InChI=1S/C28H38O6/c1-18-15-23(32-19(2)29)25(31-14-10-13-21-11-8-7-9-12-21)27(6)24(33-20(3)30)16-22-17-28(18,27)34-26(22,4)5/h7-13,18,22-25H,14-17H2,1-6H3/b13-10+/t18-,22-,23+,24+,25+,27-,28+/m1/s1. The van der Waals surface area contributed by atoms with Crippen LogP contribution in [0, 0.1) is 17.3 Å². The van der Waals surface area contributed by atoms with Gasteiger partial charge in [0.2, 0.25) is 0 Å². The minimum atomic E-state index is -0.679. The molecular weight excluding hydrogens is 432 g/mol. The number of esters is 2. The lowest BCUT2D eigenvalue weighted by molar-refractivity contribution is -0.288. The molecule has 2 bridgehead atoms. The van der Waals surface area contributed by atoms with Crippen LogP contribution in [-0.4, -0.2) is 48.1 Å². The van der Waals surface area contributed by atoms with Gasteiger partial charge in [0.1, 0.15) is 18.3 Å². The largest absolute Gasteiger partial charge is 0.462 e. The Morgan fingerprint density at radius 3 is 2.38 bits per heavy atom. The highest BCUT2D eigenvalue weighted by molar-refractivity contribution is 5.67. The number of carbonyl (C=O) groups excluding carboxylic acids is 2. The second-order valence-corrected chi connectivity index (χ2v) is 11.0. The van der Waals surface area contributed by atoms with E-state index in [1.807, 2.05) is 42.5 Å². The first-order valence-electron chi connectivity index (χ1n) is 12.4.